The normalized spacial score (nSPS) is 13.2. The topological polar surface area (TPSA) is 108 Å². The fourth-order valence-corrected chi connectivity index (χ4v) is 11.7. The molecule has 0 aliphatic carbocycles. The fraction of sp³-hybridized carbons (Fsp3) is 0.759. The van der Waals surface area contributed by atoms with Crippen LogP contribution in [0.1, 0.15) is 367 Å². The van der Waals surface area contributed by atoms with Crippen molar-refractivity contribution in [2.24, 2.45) is 0 Å². The van der Waals surface area contributed by atoms with Gasteiger partial charge in [-0.05, 0) is 83.5 Å². The number of carboxylic acid groups (broad SMARTS) is 1. The Balaban J connectivity index is 4.04. The van der Waals surface area contributed by atoms with Gasteiger partial charge in [-0.1, -0.05) is 380 Å². The Labute approximate surface area is 594 Å². The molecule has 9 heteroatoms. The van der Waals surface area contributed by atoms with Crippen molar-refractivity contribution < 1.29 is 42.9 Å². The van der Waals surface area contributed by atoms with E-state index in [-0.39, 0.29) is 32.2 Å². The molecule has 0 aromatic rings. The first kappa shape index (κ1) is 92.0. The second-order valence-corrected chi connectivity index (χ2v) is 28.4. The van der Waals surface area contributed by atoms with Crippen LogP contribution in [-0.2, 0) is 33.3 Å². The maximum atomic E-state index is 13.0. The van der Waals surface area contributed by atoms with Gasteiger partial charge in [-0.25, -0.2) is 4.79 Å². The SMILES string of the molecule is CC/C=C\C/C=C\C/C=C\C/C=C\C/C=C\C/C=C\C/C=C\C/C=C\C/C=C\CCCCCC(=O)OC(COC(=O)CCCCCCCCCCCCCCCCCCCCCCCCCCCCCCCCCCCCCCCCCC)COC(OCC[N+](C)(C)C)C(=O)O. The minimum atomic E-state index is -1.53. The predicted molar refractivity (Wildman–Crippen MR) is 415 cm³/mol. The molecule has 0 aromatic heterocycles. The number of nitrogens with zero attached hydrogens (tertiary/aromatic N) is 1. The summed E-state index contributed by atoms with van der Waals surface area (Å²) in [6.07, 6.45) is 106. The second kappa shape index (κ2) is 76.7. The molecular formula is C87H154NO8+. The molecule has 96 heavy (non-hydrogen) atoms. The van der Waals surface area contributed by atoms with Gasteiger partial charge in [0.25, 0.3) is 6.29 Å². The van der Waals surface area contributed by atoms with Crippen molar-refractivity contribution in [1.82, 2.24) is 0 Å². The van der Waals surface area contributed by atoms with Crippen molar-refractivity contribution in [3.05, 3.63) is 109 Å². The lowest BCUT2D eigenvalue weighted by atomic mass is 10.0. The Morgan fingerprint density at radius 1 is 0.323 bits per heavy atom. The average Bonchev–Trinajstić information content (AvgIpc) is 2.59. The first-order chi connectivity index (χ1) is 47.1. The van der Waals surface area contributed by atoms with E-state index in [0.717, 1.165) is 96.3 Å². The largest absolute Gasteiger partial charge is 0.477 e. The zero-order valence-corrected chi connectivity index (χ0v) is 63.5. The van der Waals surface area contributed by atoms with Crippen LogP contribution >= 0.6 is 0 Å². The first-order valence-corrected chi connectivity index (χ1v) is 40.6. The van der Waals surface area contributed by atoms with Gasteiger partial charge in [0.05, 0.1) is 34.4 Å². The van der Waals surface area contributed by atoms with E-state index in [0.29, 0.717) is 23.9 Å². The van der Waals surface area contributed by atoms with Crippen molar-refractivity contribution >= 4 is 17.9 Å². The molecule has 1 N–H and O–H groups in total. The number of quaternary nitrogens is 1. The molecule has 0 aliphatic heterocycles. The van der Waals surface area contributed by atoms with E-state index in [1.807, 2.05) is 21.1 Å². The van der Waals surface area contributed by atoms with Crippen molar-refractivity contribution in [3.8, 4) is 0 Å². The van der Waals surface area contributed by atoms with Crippen LogP contribution < -0.4 is 0 Å². The highest BCUT2D eigenvalue weighted by atomic mass is 16.7. The smallest absolute Gasteiger partial charge is 0.361 e. The van der Waals surface area contributed by atoms with Crippen LogP contribution in [0.4, 0.5) is 0 Å². The summed E-state index contributed by atoms with van der Waals surface area (Å²) >= 11 is 0. The summed E-state index contributed by atoms with van der Waals surface area (Å²) in [6, 6.07) is 0. The van der Waals surface area contributed by atoms with Crippen molar-refractivity contribution in [2.75, 3.05) is 47.5 Å². The van der Waals surface area contributed by atoms with Gasteiger partial charge in [0.15, 0.2) is 6.10 Å². The van der Waals surface area contributed by atoms with E-state index in [4.69, 9.17) is 18.9 Å². The maximum absolute atomic E-state index is 13.0. The van der Waals surface area contributed by atoms with Crippen LogP contribution in [0, 0.1) is 0 Å². The molecule has 0 saturated heterocycles. The Kier molecular flexibility index (Phi) is 73.5. The van der Waals surface area contributed by atoms with Crippen molar-refractivity contribution in [1.29, 1.82) is 0 Å². The zero-order valence-electron chi connectivity index (χ0n) is 63.5. The summed E-state index contributed by atoms with van der Waals surface area (Å²) in [5.41, 5.74) is 0. The highest BCUT2D eigenvalue weighted by molar-refractivity contribution is 5.71. The molecular weight excluding hydrogens is 1190 g/mol. The van der Waals surface area contributed by atoms with Gasteiger partial charge in [0.2, 0.25) is 0 Å². The number of rotatable bonds is 75. The number of hydrogen-bond donors (Lipinski definition) is 1. The number of aliphatic carboxylic acids is 1. The number of hydrogen-bond acceptors (Lipinski definition) is 7. The van der Waals surface area contributed by atoms with Gasteiger partial charge in [-0.15, -0.1) is 0 Å². The van der Waals surface area contributed by atoms with Crippen molar-refractivity contribution in [2.45, 2.75) is 379 Å². The number of allylic oxidation sites excluding steroid dienone is 18. The maximum Gasteiger partial charge on any atom is 0.361 e. The molecule has 0 fully saturated rings. The molecule has 0 aromatic carbocycles. The van der Waals surface area contributed by atoms with Gasteiger partial charge in [0, 0.05) is 12.8 Å². The van der Waals surface area contributed by atoms with E-state index in [9.17, 15) is 19.5 Å². The van der Waals surface area contributed by atoms with Crippen LogP contribution in [0.25, 0.3) is 0 Å². The van der Waals surface area contributed by atoms with Crippen molar-refractivity contribution in [3.63, 3.8) is 0 Å². The van der Waals surface area contributed by atoms with Crippen LogP contribution in [0.5, 0.6) is 0 Å². The summed E-state index contributed by atoms with van der Waals surface area (Å²) in [4.78, 5) is 37.7. The molecule has 0 spiro atoms. The van der Waals surface area contributed by atoms with Gasteiger partial charge in [-0.3, -0.25) is 9.59 Å². The Morgan fingerprint density at radius 2 is 0.594 bits per heavy atom. The number of unbranched alkanes of at least 4 members (excludes halogenated alkanes) is 42. The van der Waals surface area contributed by atoms with Gasteiger partial charge in [-0.2, -0.15) is 0 Å². The molecule has 554 valence electrons. The molecule has 2 unspecified atom stereocenters. The number of ether oxygens (including phenoxy) is 4. The number of carbonyl (C=O) groups excluding carboxylic acids is 2. The Morgan fingerprint density at radius 3 is 0.885 bits per heavy atom. The average molecular weight is 1340 g/mol. The highest BCUT2D eigenvalue weighted by Gasteiger charge is 2.25. The zero-order chi connectivity index (χ0) is 69.7. The minimum Gasteiger partial charge on any atom is -0.477 e. The third kappa shape index (κ3) is 77.3. The van der Waals surface area contributed by atoms with E-state index in [2.05, 4.69) is 123 Å². The molecule has 0 rings (SSSR count). The Bertz CT molecular complexity index is 1950. The first-order valence-electron chi connectivity index (χ1n) is 40.6. The minimum absolute atomic E-state index is 0.177. The van der Waals surface area contributed by atoms with Gasteiger partial charge < -0.3 is 28.5 Å². The lowest BCUT2D eigenvalue weighted by Crippen LogP contribution is -2.40. The molecule has 0 aliphatic rings. The van der Waals surface area contributed by atoms with E-state index < -0.39 is 24.3 Å². The molecule has 0 bridgehead atoms. The van der Waals surface area contributed by atoms with Crippen LogP contribution in [-0.4, -0.2) is 87.4 Å². The third-order valence-corrected chi connectivity index (χ3v) is 17.8. The molecule has 9 nitrogen and oxygen atoms in total. The third-order valence-electron chi connectivity index (χ3n) is 17.8. The van der Waals surface area contributed by atoms with E-state index >= 15 is 0 Å². The van der Waals surface area contributed by atoms with E-state index in [1.165, 1.54) is 238 Å². The fourth-order valence-electron chi connectivity index (χ4n) is 11.7. The summed E-state index contributed by atoms with van der Waals surface area (Å²) in [6.45, 7) is 4.76. The van der Waals surface area contributed by atoms with E-state index in [1.54, 1.807) is 0 Å². The highest BCUT2D eigenvalue weighted by Crippen LogP contribution is 2.19. The number of carboxylic acids is 1. The standard InChI is InChI=1S/C87H153NO8/c1-6-8-10-12-14-16-18-20-22-24-26-28-30-32-34-36-38-39-40-41-42-43-44-45-46-48-49-51-53-55-57-59-61-63-65-67-69-71-73-75-77-84(89)94-81-83(82-95-87(86(91)92)93-80-79-88(3,4)5)96-85(90)78-76-74-72-70-68-66-64-62-60-58-56-54-52-50-47-37-35-33-31-29-27-25-23-21-19-17-15-13-11-9-7-2/h9,11,15,17,21,23,27,29,33,35,47,50,54,56,60,62,66,68,83,87H,6-8,10,12-14,16,18-20,22,24-26,28,30-32,34,36-46,48-49,51-53,55,57-59,61,63-65,67,69-82H2,1-5H3/p+1/b11-9-,17-15-,23-21-,29-27-,35-33-,50-47-,56-54-,62-60-,68-66-. The van der Waals surface area contributed by atoms with Crippen LogP contribution in [0.3, 0.4) is 0 Å². The lowest BCUT2D eigenvalue weighted by Gasteiger charge is -2.25. The summed E-state index contributed by atoms with van der Waals surface area (Å²) in [5, 5.41) is 9.77. The van der Waals surface area contributed by atoms with Gasteiger partial charge in [0.1, 0.15) is 13.2 Å². The summed E-state index contributed by atoms with van der Waals surface area (Å²) in [7, 11) is 5.97. The summed E-state index contributed by atoms with van der Waals surface area (Å²) in [5.74, 6) is -2.04. The van der Waals surface area contributed by atoms with Gasteiger partial charge >= 0.3 is 17.9 Å². The quantitative estimate of drug-likeness (QED) is 0.0211. The van der Waals surface area contributed by atoms with Crippen LogP contribution in [0.15, 0.2) is 109 Å². The molecule has 0 radical (unpaired) electrons. The number of likely N-dealkylation sites (N-methyl/N-ethyl adjacent to an activating group) is 1. The van der Waals surface area contributed by atoms with Crippen LogP contribution in [0.2, 0.25) is 0 Å². The Hall–Kier alpha value is -4.05. The molecule has 0 saturated carbocycles. The second-order valence-electron chi connectivity index (χ2n) is 28.4. The lowest BCUT2D eigenvalue weighted by molar-refractivity contribution is -0.870. The molecule has 0 heterocycles. The number of carbonyl (C=O) groups is 3. The number of esters is 2. The monoisotopic (exact) mass is 1340 g/mol. The molecule has 0 amide bonds. The predicted octanol–water partition coefficient (Wildman–Crippen LogP) is 26.1. The summed E-state index contributed by atoms with van der Waals surface area (Å²) < 4.78 is 23.0. The molecule has 2 atom stereocenters.